The first kappa shape index (κ1) is 17.1. The Morgan fingerprint density at radius 2 is 0.963 bits per heavy atom. The van der Waals surface area contributed by atoms with Gasteiger partial charge < -0.3 is 0 Å². The number of nitrogens with zero attached hydrogens (tertiary/aromatic N) is 2. The molecule has 0 bridgehead atoms. The lowest BCUT2D eigenvalue weighted by molar-refractivity contribution is -0.0330. The third-order valence-corrected chi connectivity index (χ3v) is 5.17. The highest BCUT2D eigenvalue weighted by Crippen LogP contribution is 2.36. The largest absolute Gasteiger partial charge is 0.285 e. The Morgan fingerprint density at radius 1 is 0.630 bits per heavy atom. The topological polar surface area (TPSA) is 115 Å². The highest BCUT2D eigenvalue weighted by atomic mass is 16.5. The van der Waals surface area contributed by atoms with Crippen LogP contribution in [-0.4, -0.2) is 44.2 Å². The van der Waals surface area contributed by atoms with Crippen molar-refractivity contribution in [1.82, 2.24) is 10.1 Å². The lowest BCUT2D eigenvalue weighted by Crippen LogP contribution is -2.25. The second-order valence-corrected chi connectivity index (χ2v) is 6.99. The van der Waals surface area contributed by atoms with Crippen LogP contribution in [0, 0.1) is 0 Å². The number of carbonyl (C=O) groups excluding carboxylic acids is 4. The van der Waals surface area contributed by atoms with Gasteiger partial charge in [0.2, 0.25) is 0 Å². The van der Waals surface area contributed by atoms with Gasteiger partial charge in [0.05, 0.1) is 22.3 Å². The molecule has 2 N–H and O–H groups in total. The van der Waals surface area contributed by atoms with Gasteiger partial charge in [0.25, 0.3) is 23.6 Å². The van der Waals surface area contributed by atoms with Gasteiger partial charge in [-0.3, -0.25) is 29.6 Å². The number of imide groups is 2. The molecule has 2 aromatic rings. The summed E-state index contributed by atoms with van der Waals surface area (Å²) in [5.41, 5.74) is 1.10. The minimum Gasteiger partial charge on any atom is -0.278 e. The maximum atomic E-state index is 12.0. The van der Waals surface area contributed by atoms with E-state index in [0.717, 1.165) is 0 Å². The smallest absolute Gasteiger partial charge is 0.278 e. The molecule has 2 aromatic carbocycles. The van der Waals surface area contributed by atoms with Crippen molar-refractivity contribution in [2.45, 2.75) is 19.3 Å². The Morgan fingerprint density at radius 3 is 1.33 bits per heavy atom. The molecule has 0 aromatic heterocycles. The van der Waals surface area contributed by atoms with Crippen molar-refractivity contribution in [3.05, 3.63) is 69.8 Å². The summed E-state index contributed by atoms with van der Waals surface area (Å²) in [6.07, 6.45) is 0. The first-order chi connectivity index (χ1) is 12.6. The second-order valence-electron chi connectivity index (χ2n) is 6.99. The summed E-state index contributed by atoms with van der Waals surface area (Å²) in [6.45, 7) is 3.71. The fourth-order valence-electron chi connectivity index (χ4n) is 3.40. The lowest BCUT2D eigenvalue weighted by atomic mass is 9.76. The average molecular weight is 366 g/mol. The van der Waals surface area contributed by atoms with E-state index in [-0.39, 0.29) is 32.4 Å². The number of amides is 4. The van der Waals surface area contributed by atoms with E-state index in [1.807, 2.05) is 13.8 Å². The lowest BCUT2D eigenvalue weighted by Gasteiger charge is -2.27. The van der Waals surface area contributed by atoms with Gasteiger partial charge in [0.15, 0.2) is 0 Å². The summed E-state index contributed by atoms with van der Waals surface area (Å²) in [5, 5.41) is 19.2. The molecule has 4 amide bonds. The van der Waals surface area contributed by atoms with E-state index in [1.54, 1.807) is 12.1 Å². The molecule has 0 radical (unpaired) electrons. The summed E-state index contributed by atoms with van der Waals surface area (Å²) >= 11 is 0. The van der Waals surface area contributed by atoms with Gasteiger partial charge in [0.1, 0.15) is 0 Å². The third-order valence-electron chi connectivity index (χ3n) is 5.17. The molecular formula is C19H14N2O6. The van der Waals surface area contributed by atoms with Gasteiger partial charge in [-0.25, -0.2) is 0 Å². The van der Waals surface area contributed by atoms with Crippen molar-refractivity contribution >= 4 is 23.6 Å². The highest BCUT2D eigenvalue weighted by Gasteiger charge is 2.38. The van der Waals surface area contributed by atoms with Crippen LogP contribution in [0.4, 0.5) is 0 Å². The normalized spacial score (nSPS) is 16.3. The Bertz CT molecular complexity index is 988. The zero-order valence-electron chi connectivity index (χ0n) is 14.4. The summed E-state index contributed by atoms with van der Waals surface area (Å²) in [4.78, 5) is 47.7. The van der Waals surface area contributed by atoms with E-state index in [9.17, 15) is 29.6 Å². The van der Waals surface area contributed by atoms with E-state index in [0.29, 0.717) is 11.1 Å². The van der Waals surface area contributed by atoms with Crippen molar-refractivity contribution in [1.29, 1.82) is 0 Å². The van der Waals surface area contributed by atoms with Crippen molar-refractivity contribution < 1.29 is 29.6 Å². The Kier molecular flexibility index (Phi) is 3.36. The van der Waals surface area contributed by atoms with Crippen molar-refractivity contribution in [3.63, 3.8) is 0 Å². The van der Waals surface area contributed by atoms with Crippen molar-refractivity contribution in [3.8, 4) is 0 Å². The van der Waals surface area contributed by atoms with Gasteiger partial charge >= 0.3 is 0 Å². The van der Waals surface area contributed by atoms with Crippen molar-refractivity contribution in [2.24, 2.45) is 0 Å². The standard InChI is InChI=1S/C19H14N2O6/c1-19(2,9-3-5-11-13(7-9)17(24)20(26)15(11)22)10-4-6-12-14(8-10)18(25)21(27)16(12)23/h3-8,26-27H,1-2H3. The van der Waals surface area contributed by atoms with Crippen LogP contribution in [0.3, 0.4) is 0 Å². The molecule has 0 unspecified atom stereocenters. The summed E-state index contributed by atoms with van der Waals surface area (Å²) in [6, 6.07) is 9.35. The van der Waals surface area contributed by atoms with Crippen LogP contribution in [0.2, 0.25) is 0 Å². The second kappa shape index (κ2) is 5.32. The quantitative estimate of drug-likeness (QED) is 0.620. The first-order valence-electron chi connectivity index (χ1n) is 8.09. The zero-order valence-corrected chi connectivity index (χ0v) is 14.4. The molecule has 2 aliphatic rings. The number of benzene rings is 2. The van der Waals surface area contributed by atoms with Crippen LogP contribution in [-0.2, 0) is 5.41 Å². The number of carbonyl (C=O) groups is 4. The van der Waals surface area contributed by atoms with E-state index < -0.39 is 29.0 Å². The maximum absolute atomic E-state index is 12.0. The monoisotopic (exact) mass is 366 g/mol. The SMILES string of the molecule is CC(C)(c1ccc2c(c1)C(=O)N(O)C2=O)c1ccc2c(c1)C(=O)N(O)C2=O. The summed E-state index contributed by atoms with van der Waals surface area (Å²) < 4.78 is 0. The highest BCUT2D eigenvalue weighted by molar-refractivity contribution is 6.21. The molecule has 0 saturated heterocycles. The van der Waals surface area contributed by atoms with E-state index >= 15 is 0 Å². The van der Waals surface area contributed by atoms with Crippen LogP contribution < -0.4 is 0 Å². The number of hydroxylamine groups is 4. The Labute approximate surface area is 153 Å². The van der Waals surface area contributed by atoms with E-state index in [2.05, 4.69) is 0 Å². The third kappa shape index (κ3) is 2.17. The van der Waals surface area contributed by atoms with Gasteiger partial charge in [-0.15, -0.1) is 10.1 Å². The fraction of sp³-hybridized carbons (Fsp3) is 0.158. The molecule has 27 heavy (non-hydrogen) atoms. The molecule has 0 spiro atoms. The van der Waals surface area contributed by atoms with Crippen LogP contribution >= 0.6 is 0 Å². The number of fused-ring (bicyclic) bond motifs is 2. The first-order valence-corrected chi connectivity index (χ1v) is 8.09. The van der Waals surface area contributed by atoms with E-state index in [4.69, 9.17) is 0 Å². The molecule has 2 heterocycles. The average Bonchev–Trinajstić information content (AvgIpc) is 3.02. The molecule has 0 atom stereocenters. The van der Waals surface area contributed by atoms with E-state index in [1.165, 1.54) is 24.3 Å². The molecule has 8 nitrogen and oxygen atoms in total. The molecular weight excluding hydrogens is 352 g/mol. The summed E-state index contributed by atoms with van der Waals surface area (Å²) in [5.74, 6) is -3.13. The van der Waals surface area contributed by atoms with Gasteiger partial charge in [-0.05, 0) is 35.4 Å². The Hall–Kier alpha value is -3.36. The predicted octanol–water partition coefficient (Wildman–Crippen LogP) is 1.98. The van der Waals surface area contributed by atoms with Crippen LogP contribution in [0.15, 0.2) is 36.4 Å². The summed E-state index contributed by atoms with van der Waals surface area (Å²) in [7, 11) is 0. The molecule has 4 rings (SSSR count). The fourth-order valence-corrected chi connectivity index (χ4v) is 3.40. The number of rotatable bonds is 2. The number of hydrogen-bond donors (Lipinski definition) is 2. The molecule has 2 aliphatic heterocycles. The van der Waals surface area contributed by atoms with Gasteiger partial charge in [-0.2, -0.15) is 0 Å². The molecule has 136 valence electrons. The van der Waals surface area contributed by atoms with Crippen LogP contribution in [0.5, 0.6) is 0 Å². The molecule has 0 saturated carbocycles. The minimum atomic E-state index is -0.793. The van der Waals surface area contributed by atoms with Crippen LogP contribution in [0.25, 0.3) is 0 Å². The zero-order chi connectivity index (χ0) is 19.7. The van der Waals surface area contributed by atoms with Crippen LogP contribution in [0.1, 0.15) is 66.4 Å². The maximum Gasteiger partial charge on any atom is 0.285 e. The predicted molar refractivity (Wildman–Crippen MR) is 89.6 cm³/mol. The van der Waals surface area contributed by atoms with Gasteiger partial charge in [0, 0.05) is 5.41 Å². The molecule has 0 aliphatic carbocycles. The minimum absolute atomic E-state index is 0.0803. The molecule has 8 heteroatoms. The van der Waals surface area contributed by atoms with Gasteiger partial charge in [-0.1, -0.05) is 26.0 Å². The van der Waals surface area contributed by atoms with Crippen molar-refractivity contribution in [2.75, 3.05) is 0 Å². The number of hydrogen-bond acceptors (Lipinski definition) is 6. The Balaban J connectivity index is 1.80. The molecule has 0 fully saturated rings.